The van der Waals surface area contributed by atoms with Gasteiger partial charge < -0.3 is 4.74 Å². The predicted octanol–water partition coefficient (Wildman–Crippen LogP) is 2.91. The molecule has 0 fully saturated rings. The maximum absolute atomic E-state index is 12.0. The molecule has 1 heterocycles. The number of hydrogen-bond donors (Lipinski definition) is 2. The van der Waals surface area contributed by atoms with Crippen LogP contribution in [-0.2, 0) is 0 Å². The van der Waals surface area contributed by atoms with Crippen molar-refractivity contribution in [1.82, 2.24) is 15.4 Å². The molecule has 0 saturated carbocycles. The van der Waals surface area contributed by atoms with Gasteiger partial charge in [-0.3, -0.25) is 15.6 Å². The maximum Gasteiger partial charge on any atom is 0.269 e. The molecule has 6 nitrogen and oxygen atoms in total. The van der Waals surface area contributed by atoms with Gasteiger partial charge in [-0.15, -0.1) is 0 Å². The Morgan fingerprint density at radius 3 is 2.54 bits per heavy atom. The van der Waals surface area contributed by atoms with Gasteiger partial charge in [-0.25, -0.2) is 9.97 Å². The molecule has 0 unspecified atom stereocenters. The van der Waals surface area contributed by atoms with E-state index in [1.54, 1.807) is 37.4 Å². The van der Waals surface area contributed by atoms with E-state index in [2.05, 4.69) is 20.8 Å². The van der Waals surface area contributed by atoms with E-state index in [1.807, 2.05) is 30.3 Å². The number of ether oxygens (including phenoxy) is 1. The first-order valence-electron chi connectivity index (χ1n) is 7.35. The third kappa shape index (κ3) is 3.49. The number of nitrogens with zero attached hydrogens (tertiary/aromatic N) is 2. The number of amides is 1. The van der Waals surface area contributed by atoms with Crippen molar-refractivity contribution in [2.75, 3.05) is 12.5 Å². The van der Waals surface area contributed by atoms with Crippen LogP contribution in [0.4, 0.5) is 5.82 Å². The fourth-order valence-electron chi connectivity index (χ4n) is 2.21. The number of carbonyl (C=O) groups excluding carboxylic acids is 1. The Balaban J connectivity index is 1.75. The maximum atomic E-state index is 12.0. The third-order valence-electron chi connectivity index (χ3n) is 3.39. The van der Waals surface area contributed by atoms with E-state index in [-0.39, 0.29) is 5.91 Å². The fourth-order valence-corrected chi connectivity index (χ4v) is 2.21. The number of aromatic nitrogens is 2. The number of carbonyl (C=O) groups is 1. The molecular formula is C18H16N4O2. The number of para-hydroxylation sites is 1. The van der Waals surface area contributed by atoms with Crippen LogP contribution in [0.1, 0.15) is 10.4 Å². The molecule has 3 rings (SSSR count). The van der Waals surface area contributed by atoms with Crippen molar-refractivity contribution >= 4 is 11.7 Å². The van der Waals surface area contributed by atoms with Crippen LogP contribution in [0.15, 0.2) is 67.0 Å². The van der Waals surface area contributed by atoms with Gasteiger partial charge in [-0.1, -0.05) is 30.3 Å². The largest absolute Gasteiger partial charge is 0.496 e. The summed E-state index contributed by atoms with van der Waals surface area (Å²) in [6.07, 6.45) is 1.43. The Kier molecular flexibility index (Phi) is 4.67. The lowest BCUT2D eigenvalue weighted by Gasteiger charge is -2.10. The molecule has 0 aliphatic heterocycles. The molecule has 120 valence electrons. The van der Waals surface area contributed by atoms with Crippen LogP contribution in [0.3, 0.4) is 0 Å². The molecule has 1 aromatic heterocycles. The summed E-state index contributed by atoms with van der Waals surface area (Å²) in [6.45, 7) is 0. The number of rotatable bonds is 5. The lowest BCUT2D eigenvalue weighted by atomic mass is 10.1. The van der Waals surface area contributed by atoms with Crippen LogP contribution in [0.5, 0.6) is 5.75 Å². The van der Waals surface area contributed by atoms with E-state index in [4.69, 9.17) is 4.74 Å². The van der Waals surface area contributed by atoms with Crippen LogP contribution < -0.4 is 15.6 Å². The Hall–Kier alpha value is -3.41. The van der Waals surface area contributed by atoms with Crippen molar-refractivity contribution in [2.45, 2.75) is 0 Å². The molecule has 0 aliphatic carbocycles. The minimum absolute atomic E-state index is 0.243. The number of hydrogen-bond acceptors (Lipinski definition) is 5. The smallest absolute Gasteiger partial charge is 0.269 e. The molecule has 0 radical (unpaired) electrons. The first kappa shape index (κ1) is 15.5. The fraction of sp³-hybridized carbons (Fsp3) is 0.0556. The second kappa shape index (κ2) is 7.23. The van der Waals surface area contributed by atoms with Crippen molar-refractivity contribution in [1.29, 1.82) is 0 Å². The van der Waals surface area contributed by atoms with Crippen LogP contribution in [0.2, 0.25) is 0 Å². The summed E-state index contributed by atoms with van der Waals surface area (Å²) in [7, 11) is 1.61. The average molecular weight is 320 g/mol. The molecule has 0 saturated heterocycles. The lowest BCUT2D eigenvalue weighted by molar-refractivity contribution is 0.0962. The molecule has 2 aromatic carbocycles. The summed E-state index contributed by atoms with van der Waals surface area (Å²) < 4.78 is 5.35. The molecule has 0 atom stereocenters. The monoisotopic (exact) mass is 320 g/mol. The third-order valence-corrected chi connectivity index (χ3v) is 3.39. The van der Waals surface area contributed by atoms with Crippen LogP contribution in [0.25, 0.3) is 11.3 Å². The van der Waals surface area contributed by atoms with E-state index in [0.717, 1.165) is 11.3 Å². The van der Waals surface area contributed by atoms with Gasteiger partial charge in [-0.05, 0) is 24.3 Å². The highest BCUT2D eigenvalue weighted by Gasteiger charge is 2.08. The average Bonchev–Trinajstić information content (AvgIpc) is 2.67. The Labute approximate surface area is 139 Å². The molecule has 24 heavy (non-hydrogen) atoms. The van der Waals surface area contributed by atoms with Crippen molar-refractivity contribution in [3.8, 4) is 17.0 Å². The number of benzene rings is 2. The summed E-state index contributed by atoms with van der Waals surface area (Å²) in [6, 6.07) is 18.2. The van der Waals surface area contributed by atoms with Gasteiger partial charge in [0.05, 0.1) is 12.8 Å². The van der Waals surface area contributed by atoms with E-state index in [1.165, 1.54) is 6.33 Å². The van der Waals surface area contributed by atoms with Crippen molar-refractivity contribution in [3.63, 3.8) is 0 Å². The van der Waals surface area contributed by atoms with Gasteiger partial charge in [0, 0.05) is 17.2 Å². The predicted molar refractivity (Wildman–Crippen MR) is 91.6 cm³/mol. The summed E-state index contributed by atoms with van der Waals surface area (Å²) in [5, 5.41) is 0. The number of hydrazine groups is 1. The number of anilines is 1. The van der Waals surface area contributed by atoms with Crippen LogP contribution >= 0.6 is 0 Å². The summed E-state index contributed by atoms with van der Waals surface area (Å²) >= 11 is 0. The minimum Gasteiger partial charge on any atom is -0.496 e. The molecule has 6 heteroatoms. The summed E-state index contributed by atoms with van der Waals surface area (Å²) in [5.41, 5.74) is 7.51. The second-order valence-electron chi connectivity index (χ2n) is 4.93. The molecular weight excluding hydrogens is 304 g/mol. The first-order chi connectivity index (χ1) is 11.8. The normalized spacial score (nSPS) is 10.0. The summed E-state index contributed by atoms with van der Waals surface area (Å²) in [5.74, 6) is 0.957. The first-order valence-corrected chi connectivity index (χ1v) is 7.35. The molecule has 1 amide bonds. The van der Waals surface area contributed by atoms with Crippen molar-refractivity contribution in [3.05, 3.63) is 72.6 Å². The van der Waals surface area contributed by atoms with E-state index >= 15 is 0 Å². The SMILES string of the molecule is COc1ccccc1-c1cc(NNC(=O)c2ccccc2)ncn1. The van der Waals surface area contributed by atoms with Gasteiger partial charge in [0.25, 0.3) is 5.91 Å². The highest BCUT2D eigenvalue weighted by atomic mass is 16.5. The lowest BCUT2D eigenvalue weighted by Crippen LogP contribution is -2.29. The Morgan fingerprint density at radius 2 is 1.75 bits per heavy atom. The van der Waals surface area contributed by atoms with Gasteiger partial charge in [-0.2, -0.15) is 0 Å². The molecule has 0 spiro atoms. The molecule has 0 aliphatic rings. The van der Waals surface area contributed by atoms with E-state index in [0.29, 0.717) is 17.1 Å². The standard InChI is InChI=1S/C18H16N4O2/c1-24-16-10-6-5-9-14(16)15-11-17(20-12-19-15)21-22-18(23)13-7-3-2-4-8-13/h2-12H,1H3,(H,22,23)(H,19,20,21). The van der Waals surface area contributed by atoms with Gasteiger partial charge >= 0.3 is 0 Å². The second-order valence-corrected chi connectivity index (χ2v) is 4.93. The van der Waals surface area contributed by atoms with Crippen LogP contribution in [0, 0.1) is 0 Å². The topological polar surface area (TPSA) is 76.1 Å². The Morgan fingerprint density at radius 1 is 1.00 bits per heavy atom. The van der Waals surface area contributed by atoms with Crippen molar-refractivity contribution < 1.29 is 9.53 Å². The van der Waals surface area contributed by atoms with Crippen LogP contribution in [-0.4, -0.2) is 23.0 Å². The van der Waals surface area contributed by atoms with Gasteiger partial charge in [0.1, 0.15) is 17.9 Å². The molecule has 0 bridgehead atoms. The zero-order chi connectivity index (χ0) is 16.8. The zero-order valence-electron chi connectivity index (χ0n) is 13.1. The molecule has 2 N–H and O–H groups in total. The van der Waals surface area contributed by atoms with E-state index < -0.39 is 0 Å². The van der Waals surface area contributed by atoms with Gasteiger partial charge in [0.2, 0.25) is 0 Å². The number of nitrogens with one attached hydrogen (secondary N) is 2. The van der Waals surface area contributed by atoms with Gasteiger partial charge in [0.15, 0.2) is 0 Å². The molecule has 3 aromatic rings. The van der Waals surface area contributed by atoms with E-state index in [9.17, 15) is 4.79 Å². The highest BCUT2D eigenvalue weighted by molar-refractivity contribution is 5.94. The Bertz CT molecular complexity index is 837. The van der Waals surface area contributed by atoms with Crippen molar-refractivity contribution in [2.24, 2.45) is 0 Å². The quantitative estimate of drug-likeness (QED) is 0.707. The number of methoxy groups -OCH3 is 1. The zero-order valence-corrected chi connectivity index (χ0v) is 13.1. The summed E-state index contributed by atoms with van der Waals surface area (Å²) in [4.78, 5) is 20.4. The minimum atomic E-state index is -0.243. The highest BCUT2D eigenvalue weighted by Crippen LogP contribution is 2.28.